The van der Waals surface area contributed by atoms with Gasteiger partial charge in [-0.3, -0.25) is 2.78 Å². The maximum atomic E-state index is 4.05. The van der Waals surface area contributed by atoms with Crippen LogP contribution in [-0.4, -0.2) is 7.76 Å². The summed E-state index contributed by atoms with van der Waals surface area (Å²) < 4.78 is 1.92. The van der Waals surface area contributed by atoms with Crippen LogP contribution in [-0.2, 0) is 0 Å². The Hall–Kier alpha value is 0.0300. The van der Waals surface area contributed by atoms with Crippen LogP contribution in [0.5, 0.6) is 0 Å². The number of hydrogen-bond donors (Lipinski definition) is 0. The zero-order valence-corrected chi connectivity index (χ0v) is 7.59. The Morgan fingerprint density at radius 1 is 1.89 bits per heavy atom. The molecule has 2 nitrogen and oxygen atoms in total. The first-order valence-electron chi connectivity index (χ1n) is 2.31. The van der Waals surface area contributed by atoms with E-state index in [1.54, 1.807) is 11.6 Å². The van der Waals surface area contributed by atoms with Crippen molar-refractivity contribution in [1.82, 2.24) is 7.76 Å². The summed E-state index contributed by atoms with van der Waals surface area (Å²) in [6.07, 6.45) is 3.66. The van der Waals surface area contributed by atoms with Crippen molar-refractivity contribution >= 4 is 34.6 Å². The van der Waals surface area contributed by atoms with Crippen LogP contribution in [0.4, 0.5) is 0 Å². The van der Waals surface area contributed by atoms with Crippen molar-refractivity contribution in [2.75, 3.05) is 0 Å². The number of aromatic nitrogens is 2. The van der Waals surface area contributed by atoms with Crippen molar-refractivity contribution < 1.29 is 0 Å². The second kappa shape index (κ2) is 3.26. The molecule has 1 heterocycles. The van der Waals surface area contributed by atoms with Crippen LogP contribution in [0.2, 0.25) is 0 Å². The van der Waals surface area contributed by atoms with Crippen molar-refractivity contribution in [3.05, 3.63) is 24.4 Å². The smallest absolute Gasteiger partial charge is 0.181 e. The minimum absolute atomic E-state index is 0.964. The van der Waals surface area contributed by atoms with Crippen LogP contribution < -0.4 is 0 Å². The second-order valence-electron chi connectivity index (χ2n) is 1.31. The summed E-state index contributed by atoms with van der Waals surface area (Å²) in [6.45, 7) is 3.58. The lowest BCUT2D eigenvalue weighted by atomic mass is 11.0. The summed E-state index contributed by atoms with van der Waals surface area (Å²) in [5, 5.41) is 2.72. The molecule has 0 atom stereocenters. The molecule has 0 aliphatic rings. The maximum absolute atomic E-state index is 4.05. The molecule has 1 aromatic heterocycles. The van der Waals surface area contributed by atoms with Gasteiger partial charge in [-0.05, 0) is 5.41 Å². The van der Waals surface area contributed by atoms with Crippen LogP contribution in [0.1, 0.15) is 0 Å². The van der Waals surface area contributed by atoms with E-state index in [9.17, 15) is 0 Å². The summed E-state index contributed by atoms with van der Waals surface area (Å²) in [7, 11) is 0. The van der Waals surface area contributed by atoms with Gasteiger partial charge >= 0.3 is 0 Å². The fraction of sp³-hybridized carbons (Fsp3) is 0. The number of nitrogens with zero attached hydrogens (tertiary/aromatic N) is 2. The van der Waals surface area contributed by atoms with Gasteiger partial charge in [0.25, 0.3) is 0 Å². The Morgan fingerprint density at radius 3 is 3.11 bits per heavy atom. The summed E-state index contributed by atoms with van der Waals surface area (Å²) in [5.41, 5.74) is 0. The molecule has 0 fully saturated rings. The average Bonchev–Trinajstić information content (AvgIpc) is 2.18. The molecule has 0 N–H and O–H groups in total. The van der Waals surface area contributed by atoms with E-state index in [2.05, 4.69) is 34.4 Å². The zero-order valence-electron chi connectivity index (χ0n) is 4.62. The predicted octanol–water partition coefficient (Wildman–Crippen LogP) is 2.32. The average molecular weight is 252 g/mol. The Bertz CT molecular complexity index is 208. The number of imidazole rings is 1. The molecule has 0 unspecified atom stereocenters. The van der Waals surface area contributed by atoms with Gasteiger partial charge in [0.15, 0.2) is 5.16 Å². The van der Waals surface area contributed by atoms with Gasteiger partial charge in [0.1, 0.15) is 0 Å². The SMILES string of the molecule is C=CSc1nccn1I. The van der Waals surface area contributed by atoms with Gasteiger partial charge < -0.3 is 0 Å². The monoisotopic (exact) mass is 252 g/mol. The number of hydrogen-bond acceptors (Lipinski definition) is 2. The van der Waals surface area contributed by atoms with Crippen LogP contribution in [0, 0.1) is 0 Å². The molecule has 48 valence electrons. The van der Waals surface area contributed by atoms with Crippen molar-refractivity contribution in [2.45, 2.75) is 5.16 Å². The Morgan fingerprint density at radius 2 is 2.67 bits per heavy atom. The molecule has 0 aromatic carbocycles. The highest BCUT2D eigenvalue weighted by molar-refractivity contribution is 14.1. The molecular formula is C5H5IN2S. The highest BCUT2D eigenvalue weighted by Crippen LogP contribution is 2.17. The first kappa shape index (κ1) is 7.14. The zero-order chi connectivity index (χ0) is 6.69. The standard InChI is InChI=1S/C5H5IN2S/c1-2-9-5-7-3-4-8(5)6/h2-4H,1H2. The molecule has 9 heavy (non-hydrogen) atoms. The van der Waals surface area contributed by atoms with Crippen LogP contribution in [0.25, 0.3) is 0 Å². The fourth-order valence-electron chi connectivity index (χ4n) is 0.430. The van der Waals surface area contributed by atoms with Crippen molar-refractivity contribution in [3.63, 3.8) is 0 Å². The van der Waals surface area contributed by atoms with E-state index in [0.29, 0.717) is 0 Å². The van der Waals surface area contributed by atoms with E-state index in [1.807, 2.05) is 8.98 Å². The lowest BCUT2D eigenvalue weighted by molar-refractivity contribution is 1.04. The lowest BCUT2D eigenvalue weighted by Crippen LogP contribution is -1.76. The minimum atomic E-state index is 0.964. The quantitative estimate of drug-likeness (QED) is 0.593. The first-order chi connectivity index (χ1) is 4.34. The topological polar surface area (TPSA) is 17.8 Å². The number of halogens is 1. The van der Waals surface area contributed by atoms with E-state index >= 15 is 0 Å². The third-order valence-electron chi connectivity index (χ3n) is 0.754. The molecule has 0 bridgehead atoms. The summed E-state index contributed by atoms with van der Waals surface area (Å²) in [5.74, 6) is 0. The normalized spacial score (nSPS) is 9.44. The number of rotatable bonds is 2. The molecule has 0 spiro atoms. The van der Waals surface area contributed by atoms with Crippen LogP contribution in [0.15, 0.2) is 29.5 Å². The molecule has 4 heteroatoms. The van der Waals surface area contributed by atoms with Gasteiger partial charge in [-0.1, -0.05) is 18.3 Å². The van der Waals surface area contributed by atoms with E-state index in [4.69, 9.17) is 0 Å². The summed E-state index contributed by atoms with van der Waals surface area (Å²) >= 11 is 3.68. The molecule has 0 aliphatic carbocycles. The Labute approximate surface area is 71.9 Å². The molecule has 0 amide bonds. The molecule has 0 aliphatic heterocycles. The third kappa shape index (κ3) is 1.72. The van der Waals surface area contributed by atoms with E-state index in [1.165, 1.54) is 11.8 Å². The van der Waals surface area contributed by atoms with Crippen molar-refractivity contribution in [1.29, 1.82) is 0 Å². The fourth-order valence-corrected chi connectivity index (χ4v) is 1.47. The van der Waals surface area contributed by atoms with Crippen molar-refractivity contribution in [3.8, 4) is 0 Å². The van der Waals surface area contributed by atoms with E-state index in [-0.39, 0.29) is 0 Å². The Kier molecular flexibility index (Phi) is 2.59. The van der Waals surface area contributed by atoms with Gasteiger partial charge in [0.2, 0.25) is 0 Å². The van der Waals surface area contributed by atoms with Crippen molar-refractivity contribution in [2.24, 2.45) is 0 Å². The summed E-state index contributed by atoms with van der Waals surface area (Å²) in [4.78, 5) is 4.05. The largest absolute Gasteiger partial charge is 0.267 e. The second-order valence-corrected chi connectivity index (χ2v) is 3.28. The van der Waals surface area contributed by atoms with Gasteiger partial charge in [0.05, 0.1) is 22.9 Å². The van der Waals surface area contributed by atoms with Gasteiger partial charge in [-0.25, -0.2) is 4.98 Å². The highest BCUT2D eigenvalue weighted by atomic mass is 127. The van der Waals surface area contributed by atoms with E-state index < -0.39 is 0 Å². The van der Waals surface area contributed by atoms with Gasteiger partial charge in [-0.15, -0.1) is 0 Å². The molecule has 0 saturated carbocycles. The third-order valence-corrected chi connectivity index (χ3v) is 2.54. The highest BCUT2D eigenvalue weighted by Gasteiger charge is 1.94. The predicted molar refractivity (Wildman–Crippen MR) is 47.7 cm³/mol. The van der Waals surface area contributed by atoms with Crippen LogP contribution in [0.3, 0.4) is 0 Å². The number of thioether (sulfide) groups is 1. The maximum Gasteiger partial charge on any atom is 0.181 e. The first-order valence-corrected chi connectivity index (χ1v) is 4.16. The summed E-state index contributed by atoms with van der Waals surface area (Å²) in [6, 6.07) is 0. The lowest BCUT2D eigenvalue weighted by Gasteiger charge is -1.90. The molecular weight excluding hydrogens is 247 g/mol. The minimum Gasteiger partial charge on any atom is -0.267 e. The van der Waals surface area contributed by atoms with E-state index in [0.717, 1.165) is 5.16 Å². The van der Waals surface area contributed by atoms with Gasteiger partial charge in [0, 0.05) is 12.4 Å². The Balaban J connectivity index is 2.80. The molecule has 1 aromatic rings. The molecule has 0 saturated heterocycles. The molecule has 0 radical (unpaired) electrons. The van der Waals surface area contributed by atoms with Gasteiger partial charge in [-0.2, -0.15) is 0 Å². The van der Waals surface area contributed by atoms with Crippen LogP contribution >= 0.6 is 34.6 Å². The molecule has 1 rings (SSSR count).